The predicted octanol–water partition coefficient (Wildman–Crippen LogP) is 2.43. The maximum atomic E-state index is 12.1. The topological polar surface area (TPSA) is 37.4 Å². The molecule has 6 heteroatoms. The van der Waals surface area contributed by atoms with Gasteiger partial charge in [-0.1, -0.05) is 11.8 Å². The fourth-order valence-corrected chi connectivity index (χ4v) is 1.93. The van der Waals surface area contributed by atoms with Crippen LogP contribution < -0.4 is 4.90 Å². The molecule has 2 rings (SSSR count). The molecule has 88 valence electrons. The molecule has 1 heterocycles. The summed E-state index contributed by atoms with van der Waals surface area (Å²) in [6.07, 6.45) is 2.34. The monoisotopic (exact) mass is 255 g/mol. The predicted molar refractivity (Wildman–Crippen MR) is 59.9 cm³/mol. The van der Waals surface area contributed by atoms with Crippen LogP contribution in [0.25, 0.3) is 0 Å². The molecular weight excluding hydrogens is 248 g/mol. The van der Waals surface area contributed by atoms with Gasteiger partial charge in [0.05, 0.1) is 5.69 Å². The Kier molecular flexibility index (Phi) is 3.23. The molecule has 0 aliphatic carbocycles. The number of amides is 2. The fraction of sp³-hybridized carbons (Fsp3) is 0.0909. The van der Waals surface area contributed by atoms with Crippen molar-refractivity contribution in [3.8, 4) is 0 Å². The Labute approximate surface area is 100 Å². The van der Waals surface area contributed by atoms with E-state index in [4.69, 9.17) is 0 Å². The van der Waals surface area contributed by atoms with E-state index in [-0.39, 0.29) is 0 Å². The second kappa shape index (κ2) is 4.67. The van der Waals surface area contributed by atoms with Gasteiger partial charge in [0, 0.05) is 17.0 Å². The first kappa shape index (κ1) is 11.8. The third-order valence-electron chi connectivity index (χ3n) is 2.13. The number of carbonyl (C=O) groups excluding carboxylic acids is 2. The highest BCUT2D eigenvalue weighted by molar-refractivity contribution is 7.99. The molecule has 0 saturated carbocycles. The Balaban J connectivity index is 2.18. The van der Waals surface area contributed by atoms with E-state index in [0.717, 1.165) is 4.90 Å². The van der Waals surface area contributed by atoms with Crippen LogP contribution in [-0.4, -0.2) is 17.6 Å². The first-order valence-corrected chi connectivity index (χ1v) is 5.57. The molecule has 0 aromatic heterocycles. The number of carbonyl (C=O) groups is 2. The number of halogens is 2. The third kappa shape index (κ3) is 2.52. The molecule has 0 radical (unpaired) electrons. The van der Waals surface area contributed by atoms with E-state index in [0.29, 0.717) is 22.3 Å². The zero-order valence-electron chi connectivity index (χ0n) is 8.47. The molecule has 0 fully saturated rings. The molecule has 1 aromatic rings. The summed E-state index contributed by atoms with van der Waals surface area (Å²) in [7, 11) is 0. The number of anilines is 1. The summed E-state index contributed by atoms with van der Waals surface area (Å²) in [6, 6.07) is 5.83. The summed E-state index contributed by atoms with van der Waals surface area (Å²) < 4.78 is 24.2. The minimum atomic E-state index is -2.49. The smallest absolute Gasteiger partial charge is 0.269 e. The molecule has 0 spiro atoms. The molecule has 0 unspecified atom stereocenters. The number of rotatable bonds is 3. The quantitative estimate of drug-likeness (QED) is 0.615. The Morgan fingerprint density at radius 2 is 1.53 bits per heavy atom. The Bertz CT molecular complexity index is 467. The van der Waals surface area contributed by atoms with Crippen molar-refractivity contribution in [2.24, 2.45) is 0 Å². The second-order valence-electron chi connectivity index (χ2n) is 3.22. The van der Waals surface area contributed by atoms with Crippen molar-refractivity contribution in [1.82, 2.24) is 0 Å². The molecule has 3 nitrogen and oxygen atoms in total. The van der Waals surface area contributed by atoms with E-state index in [9.17, 15) is 18.4 Å². The Morgan fingerprint density at radius 1 is 1.00 bits per heavy atom. The zero-order chi connectivity index (χ0) is 12.4. The highest BCUT2D eigenvalue weighted by Gasteiger charge is 2.24. The van der Waals surface area contributed by atoms with Gasteiger partial charge in [0.1, 0.15) is 0 Å². The molecule has 1 aliphatic rings. The Morgan fingerprint density at radius 3 is 2.00 bits per heavy atom. The molecule has 0 atom stereocenters. The van der Waals surface area contributed by atoms with Gasteiger partial charge in [-0.15, -0.1) is 0 Å². The molecular formula is C11H7F2NO2S. The highest BCUT2D eigenvalue weighted by atomic mass is 32.2. The van der Waals surface area contributed by atoms with E-state index in [1.807, 2.05) is 0 Å². The van der Waals surface area contributed by atoms with E-state index >= 15 is 0 Å². The van der Waals surface area contributed by atoms with Crippen LogP contribution in [0.15, 0.2) is 41.3 Å². The van der Waals surface area contributed by atoms with E-state index in [1.54, 1.807) is 0 Å². The lowest BCUT2D eigenvalue weighted by Gasteiger charge is -2.13. The average molecular weight is 255 g/mol. The number of alkyl halides is 2. The van der Waals surface area contributed by atoms with Crippen LogP contribution in [-0.2, 0) is 9.59 Å². The van der Waals surface area contributed by atoms with Crippen LogP contribution in [0, 0.1) is 0 Å². The summed E-state index contributed by atoms with van der Waals surface area (Å²) in [5.74, 6) is -3.34. The summed E-state index contributed by atoms with van der Waals surface area (Å²) in [6.45, 7) is 0. The van der Waals surface area contributed by atoms with Crippen LogP contribution >= 0.6 is 11.8 Å². The van der Waals surface area contributed by atoms with Crippen molar-refractivity contribution < 1.29 is 18.4 Å². The normalized spacial score (nSPS) is 15.1. The van der Waals surface area contributed by atoms with Crippen molar-refractivity contribution in [2.45, 2.75) is 10.7 Å². The van der Waals surface area contributed by atoms with Crippen LogP contribution in [0.5, 0.6) is 0 Å². The number of hydrogen-bond acceptors (Lipinski definition) is 3. The Hall–Kier alpha value is -1.69. The standard InChI is InChI=1S/C11H7F2NO2S/c12-11(13)17-8-3-1-7(2-4-8)14-9(15)5-6-10(14)16/h1-6,11H. The molecule has 0 saturated heterocycles. The summed E-state index contributed by atoms with van der Waals surface area (Å²) in [5, 5.41) is 0. The number of imide groups is 1. The molecule has 0 N–H and O–H groups in total. The summed E-state index contributed by atoms with van der Waals surface area (Å²) in [4.78, 5) is 24.0. The minimum absolute atomic E-state index is 0.378. The van der Waals surface area contributed by atoms with Gasteiger partial charge in [0.15, 0.2) is 0 Å². The van der Waals surface area contributed by atoms with Crippen molar-refractivity contribution >= 4 is 29.3 Å². The van der Waals surface area contributed by atoms with E-state index in [1.165, 1.54) is 36.4 Å². The van der Waals surface area contributed by atoms with Crippen molar-refractivity contribution in [3.63, 3.8) is 0 Å². The molecule has 0 bridgehead atoms. The molecule has 1 aliphatic heterocycles. The zero-order valence-corrected chi connectivity index (χ0v) is 9.29. The first-order valence-electron chi connectivity index (χ1n) is 4.69. The van der Waals surface area contributed by atoms with Crippen molar-refractivity contribution in [1.29, 1.82) is 0 Å². The summed E-state index contributed by atoms with van der Waals surface area (Å²) >= 11 is 0.414. The van der Waals surface area contributed by atoms with Gasteiger partial charge >= 0.3 is 0 Å². The van der Waals surface area contributed by atoms with Crippen molar-refractivity contribution in [2.75, 3.05) is 4.90 Å². The number of nitrogens with zero attached hydrogens (tertiary/aromatic N) is 1. The van der Waals surface area contributed by atoms with Crippen LogP contribution in [0.2, 0.25) is 0 Å². The SMILES string of the molecule is O=C1C=CC(=O)N1c1ccc(SC(F)F)cc1. The van der Waals surface area contributed by atoms with Gasteiger partial charge in [0.25, 0.3) is 17.6 Å². The first-order chi connectivity index (χ1) is 8.08. The average Bonchev–Trinajstić information content (AvgIpc) is 2.59. The van der Waals surface area contributed by atoms with Gasteiger partial charge in [-0.2, -0.15) is 8.78 Å². The molecule has 2 amide bonds. The van der Waals surface area contributed by atoms with Gasteiger partial charge in [-0.3, -0.25) is 9.59 Å². The minimum Gasteiger partial charge on any atom is -0.269 e. The maximum Gasteiger partial charge on any atom is 0.288 e. The van der Waals surface area contributed by atoms with Crippen LogP contribution in [0.1, 0.15) is 0 Å². The largest absolute Gasteiger partial charge is 0.288 e. The van der Waals surface area contributed by atoms with Crippen LogP contribution in [0.4, 0.5) is 14.5 Å². The van der Waals surface area contributed by atoms with E-state index < -0.39 is 17.6 Å². The third-order valence-corrected chi connectivity index (χ3v) is 2.85. The second-order valence-corrected chi connectivity index (χ2v) is 4.28. The molecule has 1 aromatic carbocycles. The van der Waals surface area contributed by atoms with E-state index in [2.05, 4.69) is 0 Å². The lowest BCUT2D eigenvalue weighted by molar-refractivity contribution is -0.119. The fourth-order valence-electron chi connectivity index (χ4n) is 1.43. The number of thioether (sulfide) groups is 1. The van der Waals surface area contributed by atoms with Gasteiger partial charge in [-0.05, 0) is 24.3 Å². The van der Waals surface area contributed by atoms with Gasteiger partial charge in [0.2, 0.25) is 0 Å². The lowest BCUT2D eigenvalue weighted by Crippen LogP contribution is -2.29. The van der Waals surface area contributed by atoms with Crippen LogP contribution in [0.3, 0.4) is 0 Å². The summed E-state index contributed by atoms with van der Waals surface area (Å²) in [5.41, 5.74) is 0.378. The van der Waals surface area contributed by atoms with Crippen molar-refractivity contribution in [3.05, 3.63) is 36.4 Å². The molecule has 17 heavy (non-hydrogen) atoms. The highest BCUT2D eigenvalue weighted by Crippen LogP contribution is 2.28. The number of hydrogen-bond donors (Lipinski definition) is 0. The lowest BCUT2D eigenvalue weighted by atomic mass is 10.3. The maximum absolute atomic E-state index is 12.1. The van der Waals surface area contributed by atoms with Gasteiger partial charge in [-0.25, -0.2) is 4.90 Å². The number of benzene rings is 1. The van der Waals surface area contributed by atoms with Gasteiger partial charge < -0.3 is 0 Å².